The first kappa shape index (κ1) is 10.9. The van der Waals surface area contributed by atoms with Crippen molar-refractivity contribution in [1.29, 1.82) is 0 Å². The molecule has 3 aromatic rings. The fraction of sp³-hybridized carbons (Fsp3) is 0. The van der Waals surface area contributed by atoms with Crippen molar-refractivity contribution in [2.45, 2.75) is 0 Å². The summed E-state index contributed by atoms with van der Waals surface area (Å²) in [6.07, 6.45) is 0. The number of rotatable bonds is 2. The molecule has 0 unspecified atom stereocenters. The van der Waals surface area contributed by atoms with Crippen LogP contribution in [0.5, 0.6) is 0 Å². The number of hydrogen-bond donors (Lipinski definition) is 2. The molecule has 0 amide bonds. The molecule has 0 spiro atoms. The molecule has 4 heteroatoms. The highest BCUT2D eigenvalue weighted by Gasteiger charge is 2.03. The number of nitrogens with zero attached hydrogens (tertiary/aromatic N) is 1. The molecule has 1 heterocycles. The van der Waals surface area contributed by atoms with Gasteiger partial charge in [0.15, 0.2) is 4.77 Å². The van der Waals surface area contributed by atoms with E-state index in [1.807, 2.05) is 54.6 Å². The zero-order chi connectivity index (χ0) is 12.4. The molecule has 0 radical (unpaired) electrons. The number of aromatic amines is 1. The van der Waals surface area contributed by atoms with Gasteiger partial charge in [0.25, 0.3) is 0 Å². The van der Waals surface area contributed by atoms with Gasteiger partial charge in [0, 0.05) is 11.1 Å². The summed E-state index contributed by atoms with van der Waals surface area (Å²) in [5, 5.41) is 4.31. The Morgan fingerprint density at radius 1 is 0.944 bits per heavy atom. The van der Waals surface area contributed by atoms with Crippen molar-refractivity contribution < 1.29 is 0 Å². The first-order valence-corrected chi connectivity index (χ1v) is 6.05. The molecule has 1 aromatic heterocycles. The molecule has 0 saturated heterocycles. The minimum atomic E-state index is 0.479. The van der Waals surface area contributed by atoms with E-state index >= 15 is 0 Å². The van der Waals surface area contributed by atoms with E-state index in [0.29, 0.717) is 4.77 Å². The predicted octanol–water partition coefficient (Wildman–Crippen LogP) is 4.04. The van der Waals surface area contributed by atoms with Gasteiger partial charge < -0.3 is 10.3 Å². The van der Waals surface area contributed by atoms with Crippen LogP contribution in [0.15, 0.2) is 54.6 Å². The Morgan fingerprint density at radius 2 is 1.67 bits per heavy atom. The second-order valence-electron chi connectivity index (χ2n) is 3.93. The zero-order valence-corrected chi connectivity index (χ0v) is 10.4. The van der Waals surface area contributed by atoms with Crippen LogP contribution in [0.2, 0.25) is 0 Å². The normalized spacial score (nSPS) is 10.4. The molecule has 0 atom stereocenters. The van der Waals surface area contributed by atoms with E-state index in [2.05, 4.69) is 15.3 Å². The van der Waals surface area contributed by atoms with E-state index in [9.17, 15) is 0 Å². The third-order valence-corrected chi connectivity index (χ3v) is 2.87. The number of H-pyrrole nitrogens is 1. The Kier molecular flexibility index (Phi) is 2.78. The minimum Gasteiger partial charge on any atom is -0.340 e. The summed E-state index contributed by atoms with van der Waals surface area (Å²) in [5.74, 6) is 0.778. The molecule has 2 aromatic carbocycles. The maximum atomic E-state index is 5.14. The van der Waals surface area contributed by atoms with Gasteiger partial charge in [-0.2, -0.15) is 0 Å². The zero-order valence-electron chi connectivity index (χ0n) is 9.55. The smallest absolute Gasteiger partial charge is 0.199 e. The molecule has 0 aliphatic heterocycles. The summed E-state index contributed by atoms with van der Waals surface area (Å²) in [6, 6.07) is 17.9. The van der Waals surface area contributed by atoms with E-state index in [4.69, 9.17) is 12.2 Å². The quantitative estimate of drug-likeness (QED) is 0.677. The monoisotopic (exact) mass is 253 g/mol. The number of nitrogens with one attached hydrogen (secondary N) is 2. The Morgan fingerprint density at radius 3 is 2.50 bits per heavy atom. The van der Waals surface area contributed by atoms with E-state index in [1.165, 1.54) is 0 Å². The molecule has 0 fully saturated rings. The SMILES string of the molecule is S=c1nc(Nc2ccccc2)c2ccccc2[nH]1. The van der Waals surface area contributed by atoms with Crippen LogP contribution < -0.4 is 5.32 Å². The summed E-state index contributed by atoms with van der Waals surface area (Å²) in [7, 11) is 0. The van der Waals surface area contributed by atoms with Crippen molar-refractivity contribution in [2.24, 2.45) is 0 Å². The van der Waals surface area contributed by atoms with Crippen LogP contribution in [-0.2, 0) is 0 Å². The van der Waals surface area contributed by atoms with Gasteiger partial charge >= 0.3 is 0 Å². The number of aromatic nitrogens is 2. The summed E-state index contributed by atoms with van der Waals surface area (Å²) in [5.41, 5.74) is 1.98. The van der Waals surface area contributed by atoms with Gasteiger partial charge in [-0.1, -0.05) is 30.3 Å². The highest BCUT2D eigenvalue weighted by molar-refractivity contribution is 7.71. The van der Waals surface area contributed by atoms with E-state index in [1.54, 1.807) is 0 Å². The first-order chi connectivity index (χ1) is 8.83. The van der Waals surface area contributed by atoms with Gasteiger partial charge in [-0.25, -0.2) is 4.98 Å². The van der Waals surface area contributed by atoms with Crippen LogP contribution >= 0.6 is 12.2 Å². The standard InChI is InChI=1S/C14H11N3S/c18-14-16-12-9-5-4-8-11(12)13(17-14)15-10-6-2-1-3-7-10/h1-9H,(H2,15,16,17,18). The van der Waals surface area contributed by atoms with Crippen LogP contribution in [0.4, 0.5) is 11.5 Å². The number of benzene rings is 2. The van der Waals surface area contributed by atoms with Crippen molar-refractivity contribution in [3.8, 4) is 0 Å². The average molecular weight is 253 g/mol. The second-order valence-corrected chi connectivity index (χ2v) is 4.31. The molecule has 18 heavy (non-hydrogen) atoms. The Balaban J connectivity index is 2.14. The number of anilines is 2. The lowest BCUT2D eigenvalue weighted by molar-refractivity contribution is 1.18. The van der Waals surface area contributed by atoms with E-state index in [-0.39, 0.29) is 0 Å². The van der Waals surface area contributed by atoms with Crippen LogP contribution in [0.3, 0.4) is 0 Å². The molecule has 0 saturated carbocycles. The number of para-hydroxylation sites is 2. The maximum absolute atomic E-state index is 5.14. The van der Waals surface area contributed by atoms with Crippen LogP contribution in [0, 0.1) is 4.77 Å². The first-order valence-electron chi connectivity index (χ1n) is 5.64. The highest BCUT2D eigenvalue weighted by Crippen LogP contribution is 2.22. The lowest BCUT2D eigenvalue weighted by Gasteiger charge is -2.08. The van der Waals surface area contributed by atoms with Gasteiger partial charge in [0.2, 0.25) is 0 Å². The maximum Gasteiger partial charge on any atom is 0.199 e. The molecule has 0 bridgehead atoms. The molecule has 3 rings (SSSR count). The van der Waals surface area contributed by atoms with Crippen LogP contribution in [-0.4, -0.2) is 9.97 Å². The summed E-state index contributed by atoms with van der Waals surface area (Å²) in [6.45, 7) is 0. The van der Waals surface area contributed by atoms with Crippen molar-refractivity contribution in [1.82, 2.24) is 9.97 Å². The van der Waals surface area contributed by atoms with Gasteiger partial charge in [-0.3, -0.25) is 0 Å². The molecule has 2 N–H and O–H groups in total. The van der Waals surface area contributed by atoms with Crippen LogP contribution in [0.1, 0.15) is 0 Å². The van der Waals surface area contributed by atoms with Gasteiger partial charge in [-0.15, -0.1) is 0 Å². The van der Waals surface area contributed by atoms with Gasteiger partial charge in [0.05, 0.1) is 5.52 Å². The van der Waals surface area contributed by atoms with Gasteiger partial charge in [-0.05, 0) is 36.5 Å². The van der Waals surface area contributed by atoms with E-state index < -0.39 is 0 Å². The minimum absolute atomic E-state index is 0.479. The van der Waals surface area contributed by atoms with Gasteiger partial charge in [0.1, 0.15) is 5.82 Å². The van der Waals surface area contributed by atoms with Crippen molar-refractivity contribution in [3.05, 3.63) is 59.4 Å². The third kappa shape index (κ3) is 2.10. The molecular formula is C14H11N3S. The molecule has 88 valence electrons. The Bertz CT molecular complexity index is 735. The van der Waals surface area contributed by atoms with Crippen molar-refractivity contribution in [3.63, 3.8) is 0 Å². The second kappa shape index (κ2) is 4.58. The predicted molar refractivity (Wildman–Crippen MR) is 76.7 cm³/mol. The highest BCUT2D eigenvalue weighted by atomic mass is 32.1. The van der Waals surface area contributed by atoms with Crippen LogP contribution in [0.25, 0.3) is 10.9 Å². The molecule has 3 nitrogen and oxygen atoms in total. The summed E-state index contributed by atoms with van der Waals surface area (Å²) >= 11 is 5.14. The lowest BCUT2D eigenvalue weighted by atomic mass is 10.2. The number of hydrogen-bond acceptors (Lipinski definition) is 3. The fourth-order valence-electron chi connectivity index (χ4n) is 1.86. The third-order valence-electron chi connectivity index (χ3n) is 2.67. The fourth-order valence-corrected chi connectivity index (χ4v) is 2.06. The largest absolute Gasteiger partial charge is 0.340 e. The van der Waals surface area contributed by atoms with E-state index in [0.717, 1.165) is 22.4 Å². The molecule has 0 aliphatic rings. The van der Waals surface area contributed by atoms with Crippen molar-refractivity contribution in [2.75, 3.05) is 5.32 Å². The average Bonchev–Trinajstić information content (AvgIpc) is 2.40. The topological polar surface area (TPSA) is 40.7 Å². The Hall–Kier alpha value is -2.20. The lowest BCUT2D eigenvalue weighted by Crippen LogP contribution is -1.96. The summed E-state index contributed by atoms with van der Waals surface area (Å²) < 4.78 is 0.479. The molecular weight excluding hydrogens is 242 g/mol. The Labute approximate surface area is 110 Å². The molecule has 0 aliphatic carbocycles. The van der Waals surface area contributed by atoms with Crippen molar-refractivity contribution >= 4 is 34.6 Å². The number of fused-ring (bicyclic) bond motifs is 1. The summed E-state index contributed by atoms with van der Waals surface area (Å²) in [4.78, 5) is 7.42.